The highest BCUT2D eigenvalue weighted by Crippen LogP contribution is 2.43. The number of hydrogen-bond acceptors (Lipinski definition) is 8. The molecular weight excluding hydrogens is 882 g/mol. The molecule has 0 spiro atoms. The molecule has 0 bridgehead atoms. The van der Waals surface area contributed by atoms with Crippen LogP contribution >= 0.6 is 7.82 Å². The Morgan fingerprint density at radius 2 is 0.797 bits per heavy atom. The maximum Gasteiger partial charge on any atom is 0.472 e. The largest absolute Gasteiger partial charge is 0.472 e. The molecule has 0 amide bonds. The first-order chi connectivity index (χ1) is 33.8. The second kappa shape index (κ2) is 53.0. The Kier molecular flexibility index (Phi) is 49.6. The molecule has 0 aromatic heterocycles. The Bertz CT molecular complexity index is 1680. The third-order valence-electron chi connectivity index (χ3n) is 9.94. The molecule has 69 heavy (non-hydrogen) atoms. The van der Waals surface area contributed by atoms with Crippen molar-refractivity contribution < 1.29 is 37.6 Å². The minimum Gasteiger partial charge on any atom is -0.461 e. The average Bonchev–Trinajstić information content (AvgIpc) is 3.34. The molecule has 0 aromatic rings. The Balaban J connectivity index is 4.14. The van der Waals surface area contributed by atoms with Crippen LogP contribution in [0.15, 0.2) is 158 Å². The summed E-state index contributed by atoms with van der Waals surface area (Å²) in [6.45, 7) is 3.35. The number of allylic oxidation sites excluding steroid dienone is 25. The topological polar surface area (TPSA) is 134 Å². The monoisotopic (exact) mass is 974 g/mol. The summed E-state index contributed by atoms with van der Waals surface area (Å²) in [7, 11) is -4.42. The number of ether oxygens (including phenoxy) is 2. The average molecular weight is 974 g/mol. The Morgan fingerprint density at radius 3 is 1.19 bits per heavy atom. The Labute approximate surface area is 419 Å². The molecule has 2 atom stereocenters. The summed E-state index contributed by atoms with van der Waals surface area (Å²) in [6, 6.07) is 0. The van der Waals surface area contributed by atoms with Crippen molar-refractivity contribution >= 4 is 19.8 Å². The summed E-state index contributed by atoms with van der Waals surface area (Å²) < 4.78 is 32.8. The van der Waals surface area contributed by atoms with Gasteiger partial charge in [0.15, 0.2) is 6.10 Å². The van der Waals surface area contributed by atoms with Gasteiger partial charge in [0.25, 0.3) is 0 Å². The lowest BCUT2D eigenvalue weighted by atomic mass is 10.1. The molecule has 0 aliphatic carbocycles. The van der Waals surface area contributed by atoms with Crippen LogP contribution in [0.1, 0.15) is 168 Å². The van der Waals surface area contributed by atoms with Crippen LogP contribution in [0.5, 0.6) is 0 Å². The fourth-order valence-corrected chi connectivity index (χ4v) is 6.96. The van der Waals surface area contributed by atoms with Gasteiger partial charge in [0.05, 0.1) is 19.6 Å². The fourth-order valence-electron chi connectivity index (χ4n) is 6.19. The summed E-state index contributed by atoms with van der Waals surface area (Å²) in [5, 5.41) is 0. The third kappa shape index (κ3) is 52.8. The zero-order valence-corrected chi connectivity index (χ0v) is 43.6. The van der Waals surface area contributed by atoms with Crippen LogP contribution in [0.4, 0.5) is 0 Å². The van der Waals surface area contributed by atoms with Gasteiger partial charge in [-0.25, -0.2) is 4.57 Å². The zero-order valence-electron chi connectivity index (χ0n) is 42.7. The highest BCUT2D eigenvalue weighted by molar-refractivity contribution is 7.47. The van der Waals surface area contributed by atoms with Gasteiger partial charge >= 0.3 is 19.8 Å². The van der Waals surface area contributed by atoms with Crippen LogP contribution in [-0.2, 0) is 32.7 Å². The van der Waals surface area contributed by atoms with Gasteiger partial charge in [-0.15, -0.1) is 0 Å². The molecule has 0 aliphatic rings. The van der Waals surface area contributed by atoms with Crippen LogP contribution in [-0.4, -0.2) is 49.3 Å². The lowest BCUT2D eigenvalue weighted by molar-refractivity contribution is -0.160. The van der Waals surface area contributed by atoms with Gasteiger partial charge in [-0.1, -0.05) is 210 Å². The number of carbonyl (C=O) groups excluding carboxylic acids is 2. The molecule has 0 aromatic carbocycles. The summed E-state index contributed by atoms with van der Waals surface area (Å²) in [4.78, 5) is 35.0. The number of hydrogen-bond donors (Lipinski definition) is 2. The van der Waals surface area contributed by atoms with E-state index in [9.17, 15) is 19.0 Å². The van der Waals surface area contributed by atoms with Crippen LogP contribution in [0, 0.1) is 0 Å². The van der Waals surface area contributed by atoms with E-state index in [4.69, 9.17) is 24.3 Å². The van der Waals surface area contributed by atoms with Crippen molar-refractivity contribution in [3.63, 3.8) is 0 Å². The van der Waals surface area contributed by atoms with E-state index >= 15 is 0 Å². The van der Waals surface area contributed by atoms with E-state index in [1.807, 2.05) is 12.2 Å². The Morgan fingerprint density at radius 1 is 0.449 bits per heavy atom. The smallest absolute Gasteiger partial charge is 0.461 e. The minimum absolute atomic E-state index is 0.0314. The molecule has 0 aliphatic heterocycles. The van der Waals surface area contributed by atoms with Crippen LogP contribution in [0.3, 0.4) is 0 Å². The molecule has 0 heterocycles. The van der Waals surface area contributed by atoms with Crippen molar-refractivity contribution in [3.05, 3.63) is 158 Å². The molecule has 386 valence electrons. The molecule has 0 rings (SSSR count). The van der Waals surface area contributed by atoms with E-state index in [1.54, 1.807) is 6.08 Å². The van der Waals surface area contributed by atoms with Crippen molar-refractivity contribution in [2.24, 2.45) is 5.73 Å². The summed E-state index contributed by atoms with van der Waals surface area (Å²) in [6.07, 6.45) is 77.5. The van der Waals surface area contributed by atoms with Gasteiger partial charge in [0, 0.05) is 13.0 Å². The number of unbranched alkanes of at least 4 members (excludes halogenated alkanes) is 8. The van der Waals surface area contributed by atoms with Gasteiger partial charge in [0.1, 0.15) is 6.61 Å². The number of nitrogens with two attached hydrogens (primary N) is 1. The number of carbonyl (C=O) groups is 2. The maximum absolute atomic E-state index is 12.7. The predicted molar refractivity (Wildman–Crippen MR) is 293 cm³/mol. The van der Waals surface area contributed by atoms with Gasteiger partial charge in [-0.3, -0.25) is 18.6 Å². The van der Waals surface area contributed by atoms with Crippen molar-refractivity contribution in [1.29, 1.82) is 0 Å². The highest BCUT2D eigenvalue weighted by atomic mass is 31.2. The van der Waals surface area contributed by atoms with Crippen molar-refractivity contribution in [3.8, 4) is 0 Å². The molecule has 2 unspecified atom stereocenters. The van der Waals surface area contributed by atoms with Crippen LogP contribution in [0.25, 0.3) is 0 Å². The molecule has 0 fully saturated rings. The number of esters is 2. The number of rotatable bonds is 46. The lowest BCUT2D eigenvalue weighted by Gasteiger charge is -2.19. The Hall–Kier alpha value is -4.37. The normalized spacial score (nSPS) is 14.4. The molecule has 9 nitrogen and oxygen atoms in total. The number of phosphoric ester groups is 1. The van der Waals surface area contributed by atoms with Gasteiger partial charge < -0.3 is 20.1 Å². The zero-order chi connectivity index (χ0) is 50.2. The molecule has 0 radical (unpaired) electrons. The maximum atomic E-state index is 12.7. The highest BCUT2D eigenvalue weighted by Gasteiger charge is 2.25. The summed E-state index contributed by atoms with van der Waals surface area (Å²) in [5.41, 5.74) is 5.36. The molecule has 0 saturated heterocycles. The van der Waals surface area contributed by atoms with Crippen LogP contribution < -0.4 is 5.73 Å². The SMILES string of the molecule is CC/C=C\C/C=C\C/C=C\C/C=C\C/C=C\C/C=C\C/C=C\C/C=C\CCCCCCCCCCC(=O)OC(COC(=O)C/C=C\C/C=C\C/C=C\C/C=C\C/C=C\CC)COP(=O)(O)OCCN. The third-order valence-corrected chi connectivity index (χ3v) is 10.9. The lowest BCUT2D eigenvalue weighted by Crippen LogP contribution is -2.29. The number of phosphoric acid groups is 1. The predicted octanol–water partition coefficient (Wildman–Crippen LogP) is 16.2. The van der Waals surface area contributed by atoms with E-state index in [-0.39, 0.29) is 32.6 Å². The second-order valence-corrected chi connectivity index (χ2v) is 17.7. The molecule has 10 heteroatoms. The van der Waals surface area contributed by atoms with Gasteiger partial charge in [0.2, 0.25) is 0 Å². The minimum atomic E-state index is -4.42. The summed E-state index contributed by atoms with van der Waals surface area (Å²) >= 11 is 0. The quantitative estimate of drug-likeness (QED) is 0.0265. The van der Waals surface area contributed by atoms with Gasteiger partial charge in [-0.2, -0.15) is 0 Å². The van der Waals surface area contributed by atoms with Crippen molar-refractivity contribution in [1.82, 2.24) is 0 Å². The molecular formula is C59H92NO8P. The fraction of sp³-hybridized carbons (Fsp3) is 0.525. The molecule has 0 saturated carbocycles. The second-order valence-electron chi connectivity index (χ2n) is 16.3. The van der Waals surface area contributed by atoms with E-state index in [1.165, 1.54) is 25.7 Å². The summed E-state index contributed by atoms with van der Waals surface area (Å²) in [5.74, 6) is -1.00. The first-order valence-corrected chi connectivity index (χ1v) is 27.5. The van der Waals surface area contributed by atoms with Crippen LogP contribution in [0.2, 0.25) is 0 Å². The van der Waals surface area contributed by atoms with E-state index in [0.717, 1.165) is 103 Å². The first kappa shape index (κ1) is 64.6. The first-order valence-electron chi connectivity index (χ1n) is 26.0. The van der Waals surface area contributed by atoms with Gasteiger partial charge in [-0.05, 0) is 103 Å². The van der Waals surface area contributed by atoms with E-state index < -0.39 is 32.5 Å². The van der Waals surface area contributed by atoms with E-state index in [2.05, 4.69) is 154 Å². The van der Waals surface area contributed by atoms with Crippen molar-refractivity contribution in [2.75, 3.05) is 26.4 Å². The van der Waals surface area contributed by atoms with Crippen molar-refractivity contribution in [2.45, 2.75) is 174 Å². The molecule has 3 N–H and O–H groups in total. The standard InChI is InChI=1S/C59H92NO8P/c1-3-5-7-9-11-13-15-17-19-20-21-22-23-24-25-26-27-28-29-30-31-32-33-34-35-36-38-40-42-44-46-48-50-52-59(62)68-57(56-67-69(63,64)66-54-53-60)55-65-58(61)51-49-47-45-43-41-39-37-18-16-14-12-10-8-6-4-2/h5-8,11-14,17-19,21-22,24-25,27-28,30-31,33-34,37,41,43,47,49,57H,3-4,9-10,15-16,20,23,26,29,32,35-36,38-40,42,44-46,48,50-56,60H2,1-2H3,(H,63,64)/b7-5-,8-6-,13-11-,14-12-,19-17-,22-21-,25-24-,28-27-,31-30-,34-33-,37-18-,43-41-,49-47-. The van der Waals surface area contributed by atoms with E-state index in [0.29, 0.717) is 12.8 Å².